The van der Waals surface area contributed by atoms with Gasteiger partial charge in [-0.2, -0.15) is 0 Å². The molecular formula is C12H18IN3O. The van der Waals surface area contributed by atoms with E-state index in [4.69, 9.17) is 10.5 Å². The molecule has 1 aliphatic heterocycles. The van der Waals surface area contributed by atoms with Crippen molar-refractivity contribution in [3.05, 3.63) is 15.1 Å². The minimum atomic E-state index is 0.306. The highest BCUT2D eigenvalue weighted by Gasteiger charge is 2.22. The summed E-state index contributed by atoms with van der Waals surface area (Å²) >= 11 is 2.23. The van der Waals surface area contributed by atoms with Gasteiger partial charge in [-0.15, -0.1) is 0 Å². The monoisotopic (exact) mass is 347 g/mol. The molecule has 1 fully saturated rings. The fourth-order valence-electron chi connectivity index (χ4n) is 2.01. The summed E-state index contributed by atoms with van der Waals surface area (Å²) in [5, 5.41) is 0. The minimum Gasteiger partial charge on any atom is -0.383 e. The molecule has 94 valence electrons. The van der Waals surface area contributed by atoms with Crippen LogP contribution in [0.5, 0.6) is 0 Å². The maximum Gasteiger partial charge on any atom is 0.140 e. The topological polar surface area (TPSA) is 61.0 Å². The third kappa shape index (κ3) is 2.88. The Kier molecular flexibility index (Phi) is 4.19. The van der Waals surface area contributed by atoms with Crippen LogP contribution >= 0.6 is 22.6 Å². The fraction of sp³-hybridized carbons (Fsp3) is 0.667. The highest BCUT2D eigenvalue weighted by Crippen LogP contribution is 2.28. The zero-order chi connectivity index (χ0) is 12.4. The van der Waals surface area contributed by atoms with Crippen molar-refractivity contribution in [3.63, 3.8) is 0 Å². The predicted octanol–water partition coefficient (Wildman–Crippen LogP) is 2.68. The van der Waals surface area contributed by atoms with Crippen molar-refractivity contribution >= 4 is 28.4 Å². The average Bonchev–Trinajstić information content (AvgIpc) is 2.33. The van der Waals surface area contributed by atoms with E-state index in [0.29, 0.717) is 17.7 Å². The molecule has 4 nitrogen and oxygen atoms in total. The van der Waals surface area contributed by atoms with Gasteiger partial charge in [0, 0.05) is 12.5 Å². The smallest absolute Gasteiger partial charge is 0.140 e. The van der Waals surface area contributed by atoms with E-state index in [2.05, 4.69) is 46.4 Å². The minimum absolute atomic E-state index is 0.306. The van der Waals surface area contributed by atoms with E-state index in [-0.39, 0.29) is 0 Å². The number of nitrogens with two attached hydrogens (primary N) is 1. The normalized spacial score (nSPS) is 20.8. The molecule has 2 rings (SSSR count). The van der Waals surface area contributed by atoms with Gasteiger partial charge in [0.1, 0.15) is 11.6 Å². The summed E-state index contributed by atoms with van der Waals surface area (Å²) in [4.78, 5) is 9.10. The molecule has 0 spiro atoms. The molecular weight excluding hydrogens is 329 g/mol. The van der Waals surface area contributed by atoms with Crippen molar-refractivity contribution in [3.8, 4) is 0 Å². The van der Waals surface area contributed by atoms with Crippen LogP contribution in [0.15, 0.2) is 0 Å². The van der Waals surface area contributed by atoms with Gasteiger partial charge in [0.25, 0.3) is 0 Å². The van der Waals surface area contributed by atoms with Gasteiger partial charge >= 0.3 is 0 Å². The molecule has 0 radical (unpaired) electrons. The van der Waals surface area contributed by atoms with Gasteiger partial charge in [0.05, 0.1) is 15.9 Å². The first-order valence-corrected chi connectivity index (χ1v) is 7.08. The quantitative estimate of drug-likeness (QED) is 0.836. The van der Waals surface area contributed by atoms with Crippen LogP contribution in [-0.4, -0.2) is 23.2 Å². The Morgan fingerprint density at radius 2 is 2.18 bits per heavy atom. The number of rotatable bonds is 2. The predicted molar refractivity (Wildman–Crippen MR) is 76.0 cm³/mol. The van der Waals surface area contributed by atoms with Crippen molar-refractivity contribution in [1.29, 1.82) is 0 Å². The second-order valence-electron chi connectivity index (χ2n) is 4.74. The van der Waals surface area contributed by atoms with Crippen LogP contribution < -0.4 is 5.73 Å². The lowest BCUT2D eigenvalue weighted by atomic mass is 10.0. The molecule has 5 heteroatoms. The maximum absolute atomic E-state index is 5.97. The molecule has 0 bridgehead atoms. The number of nitrogens with zero attached hydrogens (tertiary/aromatic N) is 2. The largest absolute Gasteiger partial charge is 0.383 e. The van der Waals surface area contributed by atoms with Crippen LogP contribution in [0.25, 0.3) is 0 Å². The highest BCUT2D eigenvalue weighted by molar-refractivity contribution is 14.1. The Balaban J connectivity index is 2.34. The number of aromatic nitrogens is 2. The van der Waals surface area contributed by atoms with Gasteiger partial charge in [0.15, 0.2) is 0 Å². The summed E-state index contributed by atoms with van der Waals surface area (Å²) in [5.41, 5.74) is 7.02. The van der Waals surface area contributed by atoms with Gasteiger partial charge in [0.2, 0.25) is 0 Å². The number of nitrogen functional groups attached to an aromatic ring is 1. The van der Waals surface area contributed by atoms with Crippen molar-refractivity contribution in [2.75, 3.05) is 18.9 Å². The summed E-state index contributed by atoms with van der Waals surface area (Å²) in [6.45, 7) is 5.83. The van der Waals surface area contributed by atoms with Gasteiger partial charge in [-0.05, 0) is 41.4 Å². The summed E-state index contributed by atoms with van der Waals surface area (Å²) < 4.78 is 6.47. The maximum atomic E-state index is 5.97. The van der Waals surface area contributed by atoms with Gasteiger partial charge in [-0.25, -0.2) is 9.97 Å². The molecule has 2 N–H and O–H groups in total. The van der Waals surface area contributed by atoms with E-state index >= 15 is 0 Å². The Bertz CT molecular complexity index is 403. The van der Waals surface area contributed by atoms with Crippen molar-refractivity contribution in [2.45, 2.75) is 38.5 Å². The summed E-state index contributed by atoms with van der Waals surface area (Å²) in [6.07, 6.45) is 2.18. The van der Waals surface area contributed by atoms with Crippen LogP contribution in [0.3, 0.4) is 0 Å². The molecule has 1 atom stereocenters. The number of ether oxygens (including phenoxy) is 1. The molecule has 1 unspecified atom stereocenters. The lowest BCUT2D eigenvalue weighted by Crippen LogP contribution is -2.20. The van der Waals surface area contributed by atoms with Crippen LogP contribution in [0.2, 0.25) is 0 Å². The molecule has 0 aliphatic carbocycles. The van der Waals surface area contributed by atoms with E-state index in [9.17, 15) is 0 Å². The standard InChI is InChI=1S/C12H18IN3O/c1-7(2)10-9(13)11(14)16-12(15-10)8-4-3-5-17-6-8/h7-8H,3-6H2,1-2H3,(H2,14,15,16). The SMILES string of the molecule is CC(C)c1nc(C2CCCOC2)nc(N)c1I. The number of hydrogen-bond acceptors (Lipinski definition) is 4. The second kappa shape index (κ2) is 5.48. The summed E-state index contributed by atoms with van der Waals surface area (Å²) in [6, 6.07) is 0. The van der Waals surface area contributed by atoms with Crippen molar-refractivity contribution < 1.29 is 4.74 Å². The lowest BCUT2D eigenvalue weighted by Gasteiger charge is -2.22. The van der Waals surface area contributed by atoms with E-state index in [1.54, 1.807) is 0 Å². The third-order valence-electron chi connectivity index (χ3n) is 2.99. The van der Waals surface area contributed by atoms with Crippen molar-refractivity contribution in [2.24, 2.45) is 0 Å². The third-order valence-corrected chi connectivity index (χ3v) is 4.10. The first-order chi connectivity index (χ1) is 8.09. The molecule has 1 aliphatic rings. The van der Waals surface area contributed by atoms with E-state index in [0.717, 1.165) is 41.1 Å². The van der Waals surface area contributed by atoms with Crippen LogP contribution in [-0.2, 0) is 4.74 Å². The zero-order valence-electron chi connectivity index (χ0n) is 10.2. The zero-order valence-corrected chi connectivity index (χ0v) is 12.4. The van der Waals surface area contributed by atoms with Crippen LogP contribution in [0.4, 0.5) is 5.82 Å². The second-order valence-corrected chi connectivity index (χ2v) is 5.81. The van der Waals surface area contributed by atoms with Gasteiger partial charge in [-0.1, -0.05) is 13.8 Å². The lowest BCUT2D eigenvalue weighted by molar-refractivity contribution is 0.0780. The molecule has 17 heavy (non-hydrogen) atoms. The fourth-order valence-corrected chi connectivity index (χ4v) is 2.87. The van der Waals surface area contributed by atoms with Crippen LogP contribution in [0, 0.1) is 3.57 Å². The number of hydrogen-bond donors (Lipinski definition) is 1. The highest BCUT2D eigenvalue weighted by atomic mass is 127. The Hall–Kier alpha value is -0.430. The first kappa shape index (κ1) is 13.0. The van der Waals surface area contributed by atoms with E-state index in [1.807, 2.05) is 0 Å². The molecule has 0 aromatic carbocycles. The molecule has 1 aromatic heterocycles. The molecule has 2 heterocycles. The molecule has 1 aromatic rings. The summed E-state index contributed by atoms with van der Waals surface area (Å²) in [7, 11) is 0. The Morgan fingerprint density at radius 1 is 1.41 bits per heavy atom. The van der Waals surface area contributed by atoms with Gasteiger partial charge in [-0.3, -0.25) is 0 Å². The number of halogens is 1. The summed E-state index contributed by atoms with van der Waals surface area (Å²) in [5.74, 6) is 2.13. The van der Waals surface area contributed by atoms with E-state index < -0.39 is 0 Å². The van der Waals surface area contributed by atoms with E-state index in [1.165, 1.54) is 0 Å². The Labute approximate surface area is 115 Å². The van der Waals surface area contributed by atoms with Gasteiger partial charge < -0.3 is 10.5 Å². The average molecular weight is 347 g/mol. The van der Waals surface area contributed by atoms with Crippen molar-refractivity contribution in [1.82, 2.24) is 9.97 Å². The Morgan fingerprint density at radius 3 is 2.76 bits per heavy atom. The van der Waals surface area contributed by atoms with Crippen LogP contribution in [0.1, 0.15) is 50.0 Å². The molecule has 1 saturated heterocycles. The molecule has 0 amide bonds. The first-order valence-electron chi connectivity index (χ1n) is 6.00. The number of anilines is 1. The molecule has 0 saturated carbocycles.